The van der Waals surface area contributed by atoms with Gasteiger partial charge in [0.25, 0.3) is 6.01 Å². The summed E-state index contributed by atoms with van der Waals surface area (Å²) >= 11 is 0. The molecular formula is C30H34N2O4. The van der Waals surface area contributed by atoms with E-state index in [0.717, 1.165) is 48.1 Å². The van der Waals surface area contributed by atoms with Crippen molar-refractivity contribution in [2.75, 3.05) is 32.2 Å². The molecule has 0 aliphatic carbocycles. The molecule has 0 aliphatic rings. The van der Waals surface area contributed by atoms with E-state index >= 15 is 0 Å². The number of carbonyl (C=O) groups is 1. The van der Waals surface area contributed by atoms with Gasteiger partial charge in [0.1, 0.15) is 17.9 Å². The van der Waals surface area contributed by atoms with E-state index in [1.165, 1.54) is 12.7 Å². The summed E-state index contributed by atoms with van der Waals surface area (Å²) in [5.74, 6) is 0.516. The van der Waals surface area contributed by atoms with Crippen molar-refractivity contribution in [3.8, 4) is 5.75 Å². The van der Waals surface area contributed by atoms with Crippen molar-refractivity contribution in [3.63, 3.8) is 0 Å². The average molecular weight is 487 g/mol. The van der Waals surface area contributed by atoms with Crippen LogP contribution >= 0.6 is 0 Å². The highest BCUT2D eigenvalue weighted by Gasteiger charge is 2.19. The molecule has 6 nitrogen and oxygen atoms in total. The monoisotopic (exact) mass is 486 g/mol. The second-order valence-corrected chi connectivity index (χ2v) is 9.03. The summed E-state index contributed by atoms with van der Waals surface area (Å²) in [6, 6.07) is 26.7. The second kappa shape index (κ2) is 12.8. The van der Waals surface area contributed by atoms with Crippen LogP contribution in [0.2, 0.25) is 0 Å². The lowest BCUT2D eigenvalue weighted by molar-refractivity contribution is -0.145. The van der Waals surface area contributed by atoms with Gasteiger partial charge in [-0.05, 0) is 61.1 Å². The van der Waals surface area contributed by atoms with Crippen LogP contribution in [-0.2, 0) is 22.4 Å². The van der Waals surface area contributed by atoms with Crippen LogP contribution in [0, 0.1) is 5.92 Å². The van der Waals surface area contributed by atoms with Crippen LogP contribution in [0.3, 0.4) is 0 Å². The summed E-state index contributed by atoms with van der Waals surface area (Å²) in [7, 11) is 3.40. The number of carbonyl (C=O) groups excluding carboxylic acids is 1. The van der Waals surface area contributed by atoms with Gasteiger partial charge in [-0.25, -0.2) is 0 Å². The highest BCUT2D eigenvalue weighted by atomic mass is 16.5. The van der Waals surface area contributed by atoms with E-state index in [-0.39, 0.29) is 11.9 Å². The van der Waals surface area contributed by atoms with Gasteiger partial charge >= 0.3 is 5.97 Å². The summed E-state index contributed by atoms with van der Waals surface area (Å²) in [5, 5.41) is 0. The number of unbranched alkanes of at least 4 members (excludes halogenated alkanes) is 1. The molecule has 0 bridgehead atoms. The van der Waals surface area contributed by atoms with Crippen LogP contribution in [0.5, 0.6) is 5.75 Å². The van der Waals surface area contributed by atoms with E-state index in [9.17, 15) is 4.79 Å². The number of aromatic nitrogens is 1. The van der Waals surface area contributed by atoms with Crippen molar-refractivity contribution < 1.29 is 18.7 Å². The van der Waals surface area contributed by atoms with Crippen LogP contribution in [0.1, 0.15) is 30.4 Å². The first-order valence-corrected chi connectivity index (χ1v) is 12.5. The van der Waals surface area contributed by atoms with Gasteiger partial charge in [-0.3, -0.25) is 4.79 Å². The second-order valence-electron chi connectivity index (χ2n) is 9.03. The summed E-state index contributed by atoms with van der Waals surface area (Å²) < 4.78 is 16.8. The molecule has 1 atom stereocenters. The number of anilines is 1. The molecule has 0 N–H and O–H groups in total. The number of para-hydroxylation sites is 2. The predicted octanol–water partition coefficient (Wildman–Crippen LogP) is 6.09. The van der Waals surface area contributed by atoms with E-state index in [1.807, 2.05) is 66.5 Å². The number of methoxy groups -OCH3 is 1. The number of aryl methyl sites for hydroxylation is 1. The van der Waals surface area contributed by atoms with E-state index < -0.39 is 0 Å². The third kappa shape index (κ3) is 7.11. The van der Waals surface area contributed by atoms with Crippen molar-refractivity contribution in [2.45, 2.75) is 32.1 Å². The molecule has 0 saturated carbocycles. The van der Waals surface area contributed by atoms with Crippen molar-refractivity contribution in [1.29, 1.82) is 0 Å². The zero-order chi connectivity index (χ0) is 25.2. The lowest BCUT2D eigenvalue weighted by atomic mass is 9.93. The minimum Gasteiger partial charge on any atom is -0.492 e. The fourth-order valence-electron chi connectivity index (χ4n) is 4.26. The largest absolute Gasteiger partial charge is 0.492 e. The Labute approximate surface area is 212 Å². The molecule has 1 aromatic heterocycles. The first kappa shape index (κ1) is 25.3. The van der Waals surface area contributed by atoms with E-state index in [4.69, 9.17) is 13.9 Å². The lowest BCUT2D eigenvalue weighted by Gasteiger charge is -2.16. The quantitative estimate of drug-likeness (QED) is 0.168. The zero-order valence-electron chi connectivity index (χ0n) is 21.1. The van der Waals surface area contributed by atoms with Gasteiger partial charge in [-0.15, -0.1) is 0 Å². The molecule has 0 saturated heterocycles. The molecule has 188 valence electrons. The van der Waals surface area contributed by atoms with Crippen LogP contribution in [0.4, 0.5) is 6.01 Å². The van der Waals surface area contributed by atoms with Crippen molar-refractivity contribution in [3.05, 3.63) is 90.0 Å². The molecule has 0 amide bonds. The van der Waals surface area contributed by atoms with Crippen LogP contribution in [0.15, 0.2) is 83.3 Å². The van der Waals surface area contributed by atoms with Gasteiger partial charge in [-0.1, -0.05) is 61.0 Å². The molecule has 6 heteroatoms. The number of benzene rings is 3. The molecule has 1 heterocycles. The zero-order valence-corrected chi connectivity index (χ0v) is 21.1. The number of fused-ring (bicyclic) bond motifs is 1. The highest BCUT2D eigenvalue weighted by Crippen LogP contribution is 2.22. The Kier molecular flexibility index (Phi) is 8.98. The average Bonchev–Trinajstić information content (AvgIpc) is 3.36. The third-order valence-electron chi connectivity index (χ3n) is 6.36. The van der Waals surface area contributed by atoms with Gasteiger partial charge in [0.05, 0.1) is 19.6 Å². The number of esters is 1. The number of nitrogens with zero attached hydrogens (tertiary/aromatic N) is 2. The smallest absolute Gasteiger partial charge is 0.308 e. The summed E-state index contributed by atoms with van der Waals surface area (Å²) in [4.78, 5) is 18.8. The maximum atomic E-state index is 12.4. The van der Waals surface area contributed by atoms with Gasteiger partial charge in [0.2, 0.25) is 0 Å². The Morgan fingerprint density at radius 2 is 1.69 bits per heavy atom. The highest BCUT2D eigenvalue weighted by molar-refractivity contribution is 5.74. The van der Waals surface area contributed by atoms with Crippen LogP contribution < -0.4 is 9.64 Å². The first-order valence-electron chi connectivity index (χ1n) is 12.5. The topological polar surface area (TPSA) is 64.8 Å². The predicted molar refractivity (Wildman–Crippen MR) is 142 cm³/mol. The van der Waals surface area contributed by atoms with Crippen LogP contribution in [-0.4, -0.2) is 38.3 Å². The molecule has 4 aromatic rings. The third-order valence-corrected chi connectivity index (χ3v) is 6.36. The van der Waals surface area contributed by atoms with Crippen molar-refractivity contribution in [1.82, 2.24) is 4.98 Å². The van der Waals surface area contributed by atoms with Gasteiger partial charge < -0.3 is 18.8 Å². The Morgan fingerprint density at radius 1 is 0.944 bits per heavy atom. The normalized spacial score (nSPS) is 11.8. The van der Waals surface area contributed by atoms with E-state index in [2.05, 4.69) is 29.2 Å². The number of hydrogen-bond donors (Lipinski definition) is 0. The SMILES string of the molecule is COC(=O)C(CCCCc1ccccc1)Cc1ccc(OCCN(C)c2nc3ccccc3o2)cc1. The van der Waals surface area contributed by atoms with Gasteiger partial charge in [0.15, 0.2) is 5.58 Å². The molecule has 0 spiro atoms. The minimum atomic E-state index is -0.141. The number of oxazole rings is 1. The van der Waals surface area contributed by atoms with Crippen molar-refractivity contribution in [2.24, 2.45) is 5.92 Å². The molecule has 0 aliphatic heterocycles. The first-order chi connectivity index (χ1) is 17.6. The number of hydrogen-bond acceptors (Lipinski definition) is 6. The molecule has 4 rings (SSSR count). The van der Waals surface area contributed by atoms with Gasteiger partial charge in [-0.2, -0.15) is 4.98 Å². The number of rotatable bonds is 13. The maximum Gasteiger partial charge on any atom is 0.308 e. The van der Waals surface area contributed by atoms with Crippen molar-refractivity contribution >= 4 is 23.1 Å². The van der Waals surface area contributed by atoms with E-state index in [1.54, 1.807) is 0 Å². The minimum absolute atomic E-state index is 0.137. The molecule has 0 fully saturated rings. The Bertz CT molecular complexity index is 1190. The Hall–Kier alpha value is -3.80. The maximum absolute atomic E-state index is 12.4. The number of likely N-dealkylation sites (N-methyl/N-ethyl adjacent to an activating group) is 1. The lowest BCUT2D eigenvalue weighted by Crippen LogP contribution is -2.24. The molecule has 1 unspecified atom stereocenters. The fraction of sp³-hybridized carbons (Fsp3) is 0.333. The van der Waals surface area contributed by atoms with Gasteiger partial charge in [0, 0.05) is 7.05 Å². The van der Waals surface area contributed by atoms with Crippen LogP contribution in [0.25, 0.3) is 11.1 Å². The Balaban J connectivity index is 1.22. The van der Waals surface area contributed by atoms with E-state index in [0.29, 0.717) is 25.6 Å². The summed E-state index contributed by atoms with van der Waals surface area (Å²) in [6.45, 7) is 1.14. The summed E-state index contributed by atoms with van der Waals surface area (Å²) in [5.41, 5.74) is 4.06. The summed E-state index contributed by atoms with van der Waals surface area (Å²) in [6.07, 6.45) is 4.56. The molecule has 0 radical (unpaired) electrons. The molecule has 3 aromatic carbocycles. The molecule has 36 heavy (non-hydrogen) atoms. The molecular weight excluding hydrogens is 452 g/mol. The standard InChI is InChI=1S/C30H34N2O4/c1-32(30-31-27-14-8-9-15-28(27)36-30)20-21-35-26-18-16-24(17-19-26)22-25(29(33)34-2)13-7-6-12-23-10-4-3-5-11-23/h3-5,8-11,14-19,25H,6-7,12-13,20-22H2,1-2H3. The number of ether oxygens (including phenoxy) is 2. The Morgan fingerprint density at radius 3 is 2.44 bits per heavy atom. The fourth-order valence-corrected chi connectivity index (χ4v) is 4.26.